The molecule has 1 unspecified atom stereocenters. The maximum Gasteiger partial charge on any atom is 0.222 e. The van der Waals surface area contributed by atoms with E-state index in [-0.39, 0.29) is 11.9 Å². The molecule has 3 aromatic rings. The lowest BCUT2D eigenvalue weighted by molar-refractivity contribution is -0.139. The molecule has 1 saturated heterocycles. The molecule has 1 amide bonds. The predicted octanol–water partition coefficient (Wildman–Crippen LogP) is 3.99. The van der Waals surface area contributed by atoms with E-state index in [9.17, 15) is 9.18 Å². The average Bonchev–Trinajstić information content (AvgIpc) is 3.16. The van der Waals surface area contributed by atoms with Crippen molar-refractivity contribution in [3.63, 3.8) is 0 Å². The lowest BCUT2D eigenvalue weighted by Crippen LogP contribution is -2.48. The van der Waals surface area contributed by atoms with Gasteiger partial charge in [0.15, 0.2) is 11.6 Å². The van der Waals surface area contributed by atoms with E-state index in [1.165, 1.54) is 6.20 Å². The molecule has 0 radical (unpaired) electrons. The summed E-state index contributed by atoms with van der Waals surface area (Å²) in [5, 5.41) is 1.49. The molecule has 8 heteroatoms. The zero-order valence-electron chi connectivity index (χ0n) is 16.1. The molecule has 1 aliphatic rings. The van der Waals surface area contributed by atoms with Gasteiger partial charge in [0, 0.05) is 40.7 Å². The molecule has 2 aromatic heterocycles. The highest BCUT2D eigenvalue weighted by atomic mass is 35.5. The third kappa shape index (κ3) is 4.11. The Morgan fingerprint density at radius 2 is 2.31 bits per heavy atom. The van der Waals surface area contributed by atoms with Crippen LogP contribution in [0, 0.1) is 5.82 Å². The van der Waals surface area contributed by atoms with Crippen molar-refractivity contribution in [2.45, 2.75) is 32.2 Å². The largest absolute Gasteiger partial charge is 0.377 e. The van der Waals surface area contributed by atoms with E-state index in [1.807, 2.05) is 24.0 Å². The van der Waals surface area contributed by atoms with Crippen LogP contribution in [0.4, 0.5) is 4.39 Å². The number of morpholine rings is 1. The first kappa shape index (κ1) is 19.8. The molecule has 1 N–H and O–H groups in total. The van der Waals surface area contributed by atoms with Gasteiger partial charge in [-0.2, -0.15) is 0 Å². The molecule has 1 fully saturated rings. The number of carbonyl (C=O) groups is 1. The summed E-state index contributed by atoms with van der Waals surface area (Å²) in [7, 11) is 0. The number of carbonyl (C=O) groups excluding carboxylic acids is 1. The summed E-state index contributed by atoms with van der Waals surface area (Å²) in [6.45, 7) is 3.42. The minimum Gasteiger partial charge on any atom is -0.377 e. The Balaban J connectivity index is 1.57. The molecular formula is C21H22ClFN4O2. The fourth-order valence-electron chi connectivity index (χ4n) is 3.71. The van der Waals surface area contributed by atoms with E-state index in [1.54, 1.807) is 12.3 Å². The second kappa shape index (κ2) is 8.47. The fourth-order valence-corrected chi connectivity index (χ4v) is 3.89. The van der Waals surface area contributed by atoms with Crippen molar-refractivity contribution in [2.75, 3.05) is 19.8 Å². The Morgan fingerprint density at radius 1 is 1.45 bits per heavy atom. The van der Waals surface area contributed by atoms with E-state index in [2.05, 4.69) is 15.0 Å². The maximum absolute atomic E-state index is 14.4. The van der Waals surface area contributed by atoms with Gasteiger partial charge < -0.3 is 14.6 Å². The van der Waals surface area contributed by atoms with Crippen LogP contribution < -0.4 is 0 Å². The summed E-state index contributed by atoms with van der Waals surface area (Å²) >= 11 is 6.12. The number of amides is 1. The third-order valence-electron chi connectivity index (χ3n) is 5.27. The summed E-state index contributed by atoms with van der Waals surface area (Å²) < 4.78 is 19.9. The van der Waals surface area contributed by atoms with Crippen LogP contribution in [0.15, 0.2) is 30.6 Å². The van der Waals surface area contributed by atoms with Crippen LogP contribution in [0.2, 0.25) is 5.02 Å². The van der Waals surface area contributed by atoms with Gasteiger partial charge in [-0.1, -0.05) is 18.5 Å². The normalized spacial score (nSPS) is 17.1. The van der Waals surface area contributed by atoms with Gasteiger partial charge in [0.25, 0.3) is 0 Å². The zero-order valence-corrected chi connectivity index (χ0v) is 16.9. The van der Waals surface area contributed by atoms with E-state index < -0.39 is 5.82 Å². The fraction of sp³-hybridized carbons (Fsp3) is 0.381. The minimum absolute atomic E-state index is 0.0686. The molecule has 0 spiro atoms. The summed E-state index contributed by atoms with van der Waals surface area (Å²) in [4.78, 5) is 25.8. The quantitative estimate of drug-likeness (QED) is 0.682. The Hall–Kier alpha value is -2.51. The van der Waals surface area contributed by atoms with Crippen LogP contribution in [0.25, 0.3) is 22.3 Å². The van der Waals surface area contributed by atoms with Crippen molar-refractivity contribution in [1.82, 2.24) is 19.9 Å². The number of aryl methyl sites for hydroxylation is 1. The van der Waals surface area contributed by atoms with Gasteiger partial charge in [-0.05, 0) is 31.0 Å². The number of fused-ring (bicyclic) bond motifs is 1. The van der Waals surface area contributed by atoms with E-state index in [0.29, 0.717) is 55.6 Å². The molecule has 1 aromatic carbocycles. The van der Waals surface area contributed by atoms with Crippen molar-refractivity contribution in [2.24, 2.45) is 0 Å². The maximum atomic E-state index is 14.4. The molecular weight excluding hydrogens is 395 g/mol. The molecule has 29 heavy (non-hydrogen) atoms. The summed E-state index contributed by atoms with van der Waals surface area (Å²) in [6, 6.07) is 5.45. The van der Waals surface area contributed by atoms with Gasteiger partial charge in [-0.15, -0.1) is 0 Å². The minimum atomic E-state index is -0.447. The second-order valence-corrected chi connectivity index (χ2v) is 7.53. The molecule has 0 bridgehead atoms. The number of hydrogen-bond acceptors (Lipinski definition) is 4. The summed E-state index contributed by atoms with van der Waals surface area (Å²) in [6.07, 6.45) is 4.43. The highest BCUT2D eigenvalue weighted by molar-refractivity contribution is 6.31. The van der Waals surface area contributed by atoms with E-state index in [4.69, 9.17) is 16.3 Å². The lowest BCUT2D eigenvalue weighted by atomic mass is 10.1. The standard InChI is InChI=1S/C21H22ClFN4O2/c1-2-20(28)27-7-8-29-12-14(27)4-6-19-17(23)11-25-21(26-19)16-10-24-18-5-3-13(22)9-15(16)18/h3,5,9-11,14,24H,2,4,6-8,12H2,1H3. The summed E-state index contributed by atoms with van der Waals surface area (Å²) in [5.41, 5.74) is 2.01. The molecule has 1 atom stereocenters. The predicted molar refractivity (Wildman–Crippen MR) is 109 cm³/mol. The van der Waals surface area contributed by atoms with Crippen molar-refractivity contribution < 1.29 is 13.9 Å². The number of H-pyrrole nitrogens is 1. The SMILES string of the molecule is CCC(=O)N1CCOCC1CCc1nc(-c2c[nH]c3ccc(Cl)cc23)ncc1F. The van der Waals surface area contributed by atoms with Crippen molar-refractivity contribution in [3.05, 3.63) is 47.1 Å². The number of nitrogens with zero attached hydrogens (tertiary/aromatic N) is 3. The Labute approximate surface area is 173 Å². The number of rotatable bonds is 5. The number of ether oxygens (including phenoxy) is 1. The average molecular weight is 417 g/mol. The first-order valence-electron chi connectivity index (χ1n) is 9.72. The number of nitrogens with one attached hydrogen (secondary N) is 1. The van der Waals surface area contributed by atoms with Crippen LogP contribution in [-0.4, -0.2) is 51.6 Å². The third-order valence-corrected chi connectivity index (χ3v) is 5.50. The number of hydrogen-bond donors (Lipinski definition) is 1. The number of aromatic nitrogens is 3. The van der Waals surface area contributed by atoms with Gasteiger partial charge in [0.05, 0.1) is 31.1 Å². The van der Waals surface area contributed by atoms with Gasteiger partial charge in [0.2, 0.25) is 5.91 Å². The first-order valence-corrected chi connectivity index (χ1v) is 10.1. The van der Waals surface area contributed by atoms with Gasteiger partial charge in [-0.3, -0.25) is 4.79 Å². The monoisotopic (exact) mass is 416 g/mol. The van der Waals surface area contributed by atoms with Crippen LogP contribution in [0.5, 0.6) is 0 Å². The molecule has 6 nitrogen and oxygen atoms in total. The molecule has 152 valence electrons. The molecule has 0 saturated carbocycles. The van der Waals surface area contributed by atoms with E-state index in [0.717, 1.165) is 16.5 Å². The van der Waals surface area contributed by atoms with Crippen LogP contribution in [-0.2, 0) is 16.0 Å². The summed E-state index contributed by atoms with van der Waals surface area (Å²) in [5.74, 6) is 0.0887. The highest BCUT2D eigenvalue weighted by Crippen LogP contribution is 2.29. The van der Waals surface area contributed by atoms with Gasteiger partial charge in [-0.25, -0.2) is 14.4 Å². The molecule has 3 heterocycles. The van der Waals surface area contributed by atoms with Crippen molar-refractivity contribution >= 4 is 28.4 Å². The van der Waals surface area contributed by atoms with Crippen LogP contribution in [0.1, 0.15) is 25.5 Å². The molecule has 1 aliphatic heterocycles. The molecule has 4 rings (SSSR count). The van der Waals surface area contributed by atoms with Gasteiger partial charge >= 0.3 is 0 Å². The van der Waals surface area contributed by atoms with Crippen LogP contribution in [0.3, 0.4) is 0 Å². The smallest absolute Gasteiger partial charge is 0.222 e. The lowest BCUT2D eigenvalue weighted by Gasteiger charge is -2.35. The van der Waals surface area contributed by atoms with Crippen molar-refractivity contribution in [1.29, 1.82) is 0 Å². The van der Waals surface area contributed by atoms with E-state index >= 15 is 0 Å². The highest BCUT2D eigenvalue weighted by Gasteiger charge is 2.26. The Morgan fingerprint density at radius 3 is 3.14 bits per heavy atom. The Bertz CT molecular complexity index is 1040. The van der Waals surface area contributed by atoms with Gasteiger partial charge in [0.1, 0.15) is 0 Å². The zero-order chi connectivity index (χ0) is 20.4. The number of benzene rings is 1. The number of aromatic amines is 1. The second-order valence-electron chi connectivity index (χ2n) is 7.09. The first-order chi connectivity index (χ1) is 14.1. The topological polar surface area (TPSA) is 71.1 Å². The van der Waals surface area contributed by atoms with Crippen molar-refractivity contribution in [3.8, 4) is 11.4 Å². The number of halogens is 2. The molecule has 0 aliphatic carbocycles. The van der Waals surface area contributed by atoms with Crippen LogP contribution >= 0.6 is 11.6 Å². The Kier molecular flexibility index (Phi) is 5.78.